The average molecular weight is 430 g/mol. The molecular formula is C15H13BrINO. The van der Waals surface area contributed by atoms with Crippen LogP contribution < -0.4 is 5.32 Å². The summed E-state index contributed by atoms with van der Waals surface area (Å²) >= 11 is 5.62. The molecule has 2 nitrogen and oxygen atoms in total. The Morgan fingerprint density at radius 1 is 1.11 bits per heavy atom. The Balaban J connectivity index is 2.06. The van der Waals surface area contributed by atoms with Gasteiger partial charge in [-0.2, -0.15) is 0 Å². The van der Waals surface area contributed by atoms with Crippen LogP contribution in [0.2, 0.25) is 0 Å². The van der Waals surface area contributed by atoms with E-state index in [0.29, 0.717) is 5.56 Å². The Kier molecular flexibility index (Phi) is 4.99. The Labute approximate surface area is 134 Å². The van der Waals surface area contributed by atoms with Gasteiger partial charge in [-0.05, 0) is 71.5 Å². The van der Waals surface area contributed by atoms with E-state index in [-0.39, 0.29) is 11.9 Å². The van der Waals surface area contributed by atoms with Crippen LogP contribution in [0.4, 0.5) is 0 Å². The maximum atomic E-state index is 12.1. The molecule has 19 heavy (non-hydrogen) atoms. The SMILES string of the molecule is C[C@@H](NC(=O)c1ccc(I)cc1)c1ccc(Br)cc1. The van der Waals surface area contributed by atoms with Crippen molar-refractivity contribution < 1.29 is 4.79 Å². The van der Waals surface area contributed by atoms with Crippen molar-refractivity contribution in [1.29, 1.82) is 0 Å². The van der Waals surface area contributed by atoms with Gasteiger partial charge < -0.3 is 5.32 Å². The van der Waals surface area contributed by atoms with Crippen molar-refractivity contribution in [2.24, 2.45) is 0 Å². The van der Waals surface area contributed by atoms with Gasteiger partial charge in [-0.1, -0.05) is 28.1 Å². The average Bonchev–Trinajstić information content (AvgIpc) is 2.40. The van der Waals surface area contributed by atoms with E-state index in [1.807, 2.05) is 55.5 Å². The minimum atomic E-state index is -0.0492. The number of benzene rings is 2. The standard InChI is InChI=1S/C15H13BrINO/c1-10(11-2-6-13(16)7-3-11)18-15(19)12-4-8-14(17)9-5-12/h2-10H,1H3,(H,18,19)/t10-/m1/s1. The molecule has 0 saturated heterocycles. The van der Waals surface area contributed by atoms with Gasteiger partial charge in [0.2, 0.25) is 0 Å². The molecule has 1 atom stereocenters. The molecule has 2 rings (SSSR count). The lowest BCUT2D eigenvalue weighted by Crippen LogP contribution is -2.26. The van der Waals surface area contributed by atoms with E-state index in [1.54, 1.807) is 0 Å². The third-order valence-corrected chi connectivity index (χ3v) is 4.07. The van der Waals surface area contributed by atoms with Crippen molar-refractivity contribution in [2.45, 2.75) is 13.0 Å². The van der Waals surface area contributed by atoms with Crippen molar-refractivity contribution >= 4 is 44.4 Å². The Morgan fingerprint density at radius 2 is 1.68 bits per heavy atom. The molecule has 0 aliphatic rings. The zero-order valence-corrected chi connectivity index (χ0v) is 14.1. The minimum absolute atomic E-state index is 0.0140. The van der Waals surface area contributed by atoms with Gasteiger partial charge in [0.15, 0.2) is 0 Å². The molecule has 98 valence electrons. The quantitative estimate of drug-likeness (QED) is 0.712. The van der Waals surface area contributed by atoms with Crippen LogP contribution in [0.1, 0.15) is 28.9 Å². The molecule has 1 amide bonds. The topological polar surface area (TPSA) is 29.1 Å². The van der Waals surface area contributed by atoms with Gasteiger partial charge in [0.25, 0.3) is 5.91 Å². The second-order valence-corrected chi connectivity index (χ2v) is 6.41. The molecule has 0 heterocycles. The molecule has 4 heteroatoms. The monoisotopic (exact) mass is 429 g/mol. The van der Waals surface area contributed by atoms with Crippen LogP contribution in [0.5, 0.6) is 0 Å². The van der Waals surface area contributed by atoms with E-state index in [2.05, 4.69) is 43.8 Å². The third-order valence-electron chi connectivity index (χ3n) is 2.82. The largest absolute Gasteiger partial charge is 0.346 e. The molecule has 0 unspecified atom stereocenters. The number of carbonyl (C=O) groups excluding carboxylic acids is 1. The molecule has 0 radical (unpaired) electrons. The molecule has 0 aliphatic carbocycles. The van der Waals surface area contributed by atoms with Crippen molar-refractivity contribution in [3.8, 4) is 0 Å². The van der Waals surface area contributed by atoms with Crippen LogP contribution in [0, 0.1) is 3.57 Å². The predicted octanol–water partition coefficient (Wildman–Crippen LogP) is 4.54. The van der Waals surface area contributed by atoms with Gasteiger partial charge >= 0.3 is 0 Å². The molecule has 0 bridgehead atoms. The number of rotatable bonds is 3. The van der Waals surface area contributed by atoms with Crippen molar-refractivity contribution in [3.63, 3.8) is 0 Å². The molecule has 0 aromatic heterocycles. The van der Waals surface area contributed by atoms with Crippen molar-refractivity contribution in [1.82, 2.24) is 5.32 Å². The van der Waals surface area contributed by atoms with Gasteiger partial charge in [-0.15, -0.1) is 0 Å². The van der Waals surface area contributed by atoms with Gasteiger partial charge in [0.05, 0.1) is 6.04 Å². The highest BCUT2D eigenvalue weighted by Crippen LogP contribution is 2.17. The molecule has 2 aromatic carbocycles. The zero-order chi connectivity index (χ0) is 13.8. The summed E-state index contributed by atoms with van der Waals surface area (Å²) in [5, 5.41) is 2.99. The van der Waals surface area contributed by atoms with Crippen LogP contribution in [0.25, 0.3) is 0 Å². The number of hydrogen-bond acceptors (Lipinski definition) is 1. The lowest BCUT2D eigenvalue weighted by atomic mass is 10.1. The van der Waals surface area contributed by atoms with E-state index in [9.17, 15) is 4.79 Å². The smallest absolute Gasteiger partial charge is 0.251 e. The summed E-state index contributed by atoms with van der Waals surface area (Å²) in [4.78, 5) is 12.1. The van der Waals surface area contributed by atoms with Crippen molar-refractivity contribution in [2.75, 3.05) is 0 Å². The van der Waals surface area contributed by atoms with E-state index >= 15 is 0 Å². The van der Waals surface area contributed by atoms with Crippen LogP contribution in [0.3, 0.4) is 0 Å². The second kappa shape index (κ2) is 6.52. The number of amides is 1. The van der Waals surface area contributed by atoms with E-state index in [1.165, 1.54) is 0 Å². The van der Waals surface area contributed by atoms with Gasteiger partial charge in [0, 0.05) is 13.6 Å². The van der Waals surface area contributed by atoms with E-state index in [4.69, 9.17) is 0 Å². The molecule has 2 aromatic rings. The highest BCUT2D eigenvalue weighted by molar-refractivity contribution is 14.1. The molecule has 0 fully saturated rings. The minimum Gasteiger partial charge on any atom is -0.346 e. The fraction of sp³-hybridized carbons (Fsp3) is 0.133. The lowest BCUT2D eigenvalue weighted by molar-refractivity contribution is 0.0940. The maximum absolute atomic E-state index is 12.1. The summed E-state index contributed by atoms with van der Waals surface area (Å²) in [5.41, 5.74) is 1.77. The number of carbonyl (C=O) groups is 1. The molecule has 1 N–H and O–H groups in total. The molecule has 0 saturated carbocycles. The number of nitrogens with one attached hydrogen (secondary N) is 1. The molecule has 0 aliphatic heterocycles. The summed E-state index contributed by atoms with van der Waals surface area (Å²) in [6.07, 6.45) is 0. The molecule has 0 spiro atoms. The predicted molar refractivity (Wildman–Crippen MR) is 89.2 cm³/mol. The zero-order valence-electron chi connectivity index (χ0n) is 10.4. The highest BCUT2D eigenvalue weighted by atomic mass is 127. The Morgan fingerprint density at radius 3 is 2.26 bits per heavy atom. The normalized spacial score (nSPS) is 11.9. The Hall–Kier alpha value is -0.880. The third kappa shape index (κ3) is 4.04. The maximum Gasteiger partial charge on any atom is 0.251 e. The second-order valence-electron chi connectivity index (χ2n) is 4.25. The van der Waals surface area contributed by atoms with Crippen molar-refractivity contribution in [3.05, 3.63) is 67.7 Å². The first-order valence-corrected chi connectivity index (χ1v) is 7.75. The summed E-state index contributed by atoms with van der Waals surface area (Å²) in [6, 6.07) is 15.5. The van der Waals surface area contributed by atoms with Gasteiger partial charge in [-0.3, -0.25) is 4.79 Å². The highest BCUT2D eigenvalue weighted by Gasteiger charge is 2.11. The summed E-state index contributed by atoms with van der Waals surface area (Å²) in [5.74, 6) is -0.0492. The van der Waals surface area contributed by atoms with Gasteiger partial charge in [-0.25, -0.2) is 0 Å². The van der Waals surface area contributed by atoms with E-state index in [0.717, 1.165) is 13.6 Å². The fourth-order valence-corrected chi connectivity index (χ4v) is 2.34. The number of hydrogen-bond donors (Lipinski definition) is 1. The summed E-state index contributed by atoms with van der Waals surface area (Å²) in [6.45, 7) is 1.98. The fourth-order valence-electron chi connectivity index (χ4n) is 1.72. The first-order chi connectivity index (χ1) is 9.06. The van der Waals surface area contributed by atoms with Crippen LogP contribution in [-0.2, 0) is 0 Å². The van der Waals surface area contributed by atoms with Crippen LogP contribution >= 0.6 is 38.5 Å². The van der Waals surface area contributed by atoms with Crippen LogP contribution in [-0.4, -0.2) is 5.91 Å². The summed E-state index contributed by atoms with van der Waals surface area (Å²) in [7, 11) is 0. The number of halogens is 2. The van der Waals surface area contributed by atoms with Crippen LogP contribution in [0.15, 0.2) is 53.0 Å². The first-order valence-electron chi connectivity index (χ1n) is 5.88. The van der Waals surface area contributed by atoms with E-state index < -0.39 is 0 Å². The summed E-state index contributed by atoms with van der Waals surface area (Å²) < 4.78 is 2.16. The first kappa shape index (κ1) is 14.5. The van der Waals surface area contributed by atoms with Gasteiger partial charge in [0.1, 0.15) is 0 Å². The molecular weight excluding hydrogens is 417 g/mol. The lowest BCUT2D eigenvalue weighted by Gasteiger charge is -2.14. The Bertz CT molecular complexity index is 566.